The number of anilines is 1. The standard InChI is InChI=1S/C19H24F3N5OS/c1-26-11-27(16-14-6-7-23-17(14)24-9-15(16)18(26)28)13-4-2-12(3-5-13)8-25-29-10-19(20,21)22/h6-7,9,12-13,25H,2-5,8,10-11H2,1H3,(H,23,24). The molecule has 1 aliphatic carbocycles. The van der Waals surface area contributed by atoms with Crippen LogP contribution in [0.1, 0.15) is 36.0 Å². The van der Waals surface area contributed by atoms with Crippen LogP contribution >= 0.6 is 11.9 Å². The van der Waals surface area contributed by atoms with Crippen molar-refractivity contribution in [2.45, 2.75) is 37.9 Å². The lowest BCUT2D eigenvalue weighted by molar-refractivity contribution is -0.105. The number of aromatic nitrogens is 2. The number of rotatable bonds is 5. The average molecular weight is 427 g/mol. The molecule has 29 heavy (non-hydrogen) atoms. The highest BCUT2D eigenvalue weighted by molar-refractivity contribution is 7.97. The maximum Gasteiger partial charge on any atom is 0.399 e. The van der Waals surface area contributed by atoms with Crippen molar-refractivity contribution in [1.29, 1.82) is 0 Å². The molecule has 6 nitrogen and oxygen atoms in total. The van der Waals surface area contributed by atoms with Crippen molar-refractivity contribution in [2.75, 3.05) is 30.9 Å². The topological polar surface area (TPSA) is 64.3 Å². The number of carbonyl (C=O) groups excluding carboxylic acids is 1. The number of halogens is 3. The summed E-state index contributed by atoms with van der Waals surface area (Å²) < 4.78 is 39.6. The number of fused-ring (bicyclic) bond motifs is 3. The summed E-state index contributed by atoms with van der Waals surface area (Å²) in [6.45, 7) is 1.12. The Balaban J connectivity index is 1.42. The van der Waals surface area contributed by atoms with Crippen molar-refractivity contribution in [2.24, 2.45) is 5.92 Å². The summed E-state index contributed by atoms with van der Waals surface area (Å²) in [7, 11) is 1.80. The second-order valence-corrected chi connectivity index (χ2v) is 8.67. The third-order valence-electron chi connectivity index (χ3n) is 5.75. The van der Waals surface area contributed by atoms with E-state index in [0.717, 1.165) is 54.4 Å². The molecule has 0 atom stereocenters. The molecule has 158 valence electrons. The van der Waals surface area contributed by atoms with Gasteiger partial charge in [-0.3, -0.25) is 9.52 Å². The van der Waals surface area contributed by atoms with Crippen molar-refractivity contribution in [3.8, 4) is 0 Å². The molecular weight excluding hydrogens is 403 g/mol. The zero-order valence-corrected chi connectivity index (χ0v) is 16.9. The number of pyridine rings is 1. The lowest BCUT2D eigenvalue weighted by atomic mass is 9.85. The molecule has 2 aromatic heterocycles. The monoisotopic (exact) mass is 427 g/mol. The Morgan fingerprint density at radius 2 is 2.07 bits per heavy atom. The van der Waals surface area contributed by atoms with Gasteiger partial charge in [-0.2, -0.15) is 13.2 Å². The summed E-state index contributed by atoms with van der Waals surface area (Å²) in [5.41, 5.74) is 2.34. The smallest absolute Gasteiger partial charge is 0.349 e. The van der Waals surface area contributed by atoms with Crippen LogP contribution in [0.2, 0.25) is 0 Å². The number of H-pyrrole nitrogens is 1. The minimum Gasteiger partial charge on any atom is -0.349 e. The van der Waals surface area contributed by atoms with Crippen molar-refractivity contribution >= 4 is 34.6 Å². The molecule has 1 fully saturated rings. The van der Waals surface area contributed by atoms with Gasteiger partial charge in [-0.15, -0.1) is 0 Å². The van der Waals surface area contributed by atoms with Crippen LogP contribution in [0.5, 0.6) is 0 Å². The number of aromatic amines is 1. The van der Waals surface area contributed by atoms with Gasteiger partial charge in [0.1, 0.15) is 11.4 Å². The molecule has 1 amide bonds. The lowest BCUT2D eigenvalue weighted by Crippen LogP contribution is -2.50. The van der Waals surface area contributed by atoms with Gasteiger partial charge >= 0.3 is 6.18 Å². The fourth-order valence-corrected chi connectivity index (χ4v) is 4.92. The van der Waals surface area contributed by atoms with Gasteiger partial charge in [0.2, 0.25) is 0 Å². The molecule has 10 heteroatoms. The van der Waals surface area contributed by atoms with Crippen LogP contribution in [-0.4, -0.2) is 59.0 Å². The molecule has 0 saturated heterocycles. The minimum absolute atomic E-state index is 0.0218. The Morgan fingerprint density at radius 1 is 1.31 bits per heavy atom. The van der Waals surface area contributed by atoms with Gasteiger partial charge < -0.3 is 14.8 Å². The predicted octanol–water partition coefficient (Wildman–Crippen LogP) is 3.77. The first kappa shape index (κ1) is 20.3. The second kappa shape index (κ2) is 8.06. The molecule has 0 bridgehead atoms. The maximum atomic E-state index is 12.6. The molecule has 1 aliphatic heterocycles. The Hall–Kier alpha value is -1.94. The van der Waals surface area contributed by atoms with Crippen molar-refractivity contribution < 1.29 is 18.0 Å². The first-order chi connectivity index (χ1) is 13.8. The van der Waals surface area contributed by atoms with E-state index in [4.69, 9.17) is 0 Å². The summed E-state index contributed by atoms with van der Waals surface area (Å²) in [5, 5.41) is 0.955. The van der Waals surface area contributed by atoms with Crippen LogP contribution in [0.3, 0.4) is 0 Å². The molecule has 4 rings (SSSR count). The van der Waals surface area contributed by atoms with Gasteiger partial charge in [0.05, 0.1) is 17.9 Å². The van der Waals surface area contributed by atoms with Gasteiger partial charge in [0.25, 0.3) is 5.91 Å². The number of amides is 1. The highest BCUT2D eigenvalue weighted by Crippen LogP contribution is 2.38. The van der Waals surface area contributed by atoms with Crippen LogP contribution in [0.25, 0.3) is 11.0 Å². The second-order valence-electron chi connectivity index (χ2n) is 7.80. The van der Waals surface area contributed by atoms with Crippen molar-refractivity contribution in [1.82, 2.24) is 19.6 Å². The summed E-state index contributed by atoms with van der Waals surface area (Å²) in [4.78, 5) is 24.1. The number of hydrogen-bond acceptors (Lipinski definition) is 5. The van der Waals surface area contributed by atoms with E-state index < -0.39 is 11.9 Å². The maximum absolute atomic E-state index is 12.6. The fraction of sp³-hybridized carbons (Fsp3) is 0.579. The van der Waals surface area contributed by atoms with Gasteiger partial charge in [-0.1, -0.05) is 11.9 Å². The number of nitrogens with zero attached hydrogens (tertiary/aromatic N) is 3. The highest BCUT2D eigenvalue weighted by Gasteiger charge is 2.35. The summed E-state index contributed by atoms with van der Waals surface area (Å²) in [5.74, 6) is -0.514. The normalized spacial score (nSPS) is 23.0. The Kier molecular flexibility index (Phi) is 5.65. The molecule has 2 N–H and O–H groups in total. The van der Waals surface area contributed by atoms with Crippen LogP contribution in [-0.2, 0) is 0 Å². The molecule has 3 heterocycles. The summed E-state index contributed by atoms with van der Waals surface area (Å²) in [6.07, 6.45) is 3.15. The zero-order valence-electron chi connectivity index (χ0n) is 16.1. The number of alkyl halides is 3. The highest BCUT2D eigenvalue weighted by atomic mass is 32.2. The Morgan fingerprint density at radius 3 is 2.79 bits per heavy atom. The van der Waals surface area contributed by atoms with E-state index in [2.05, 4.69) is 19.6 Å². The van der Waals surface area contributed by atoms with E-state index in [9.17, 15) is 18.0 Å². The zero-order chi connectivity index (χ0) is 20.6. The van der Waals surface area contributed by atoms with E-state index >= 15 is 0 Å². The summed E-state index contributed by atoms with van der Waals surface area (Å²) >= 11 is 0.736. The van der Waals surface area contributed by atoms with Gasteiger partial charge in [0.15, 0.2) is 0 Å². The molecule has 0 aromatic carbocycles. The predicted molar refractivity (Wildman–Crippen MR) is 108 cm³/mol. The third-order valence-corrected chi connectivity index (χ3v) is 6.60. The Bertz CT molecular complexity index is 878. The number of nitrogens with one attached hydrogen (secondary N) is 2. The Labute approximate surface area is 171 Å². The van der Waals surface area contributed by atoms with Crippen LogP contribution in [0.4, 0.5) is 18.9 Å². The van der Waals surface area contributed by atoms with Crippen LogP contribution in [0, 0.1) is 5.92 Å². The molecule has 0 spiro atoms. The SMILES string of the molecule is CN1CN(C2CCC(CNSCC(F)(F)F)CC2)c2c(cnc3[nH]ccc23)C1=O. The van der Waals surface area contributed by atoms with Crippen LogP contribution in [0.15, 0.2) is 18.5 Å². The molecule has 1 saturated carbocycles. The minimum atomic E-state index is -4.14. The molecular formula is C19H24F3N5OS. The van der Waals surface area contributed by atoms with Crippen LogP contribution < -0.4 is 9.62 Å². The molecule has 2 aromatic rings. The van der Waals surface area contributed by atoms with E-state index in [0.29, 0.717) is 30.7 Å². The fourth-order valence-electron chi connectivity index (χ4n) is 4.30. The lowest BCUT2D eigenvalue weighted by Gasteiger charge is -2.44. The van der Waals surface area contributed by atoms with Gasteiger partial charge in [0, 0.05) is 37.4 Å². The third kappa shape index (κ3) is 4.32. The molecule has 0 radical (unpaired) electrons. The average Bonchev–Trinajstić information content (AvgIpc) is 3.16. The quantitative estimate of drug-likeness (QED) is 0.562. The largest absolute Gasteiger partial charge is 0.399 e. The van der Waals surface area contributed by atoms with E-state index in [1.807, 2.05) is 12.3 Å². The number of hydrogen-bond donors (Lipinski definition) is 2. The van der Waals surface area contributed by atoms with E-state index in [1.54, 1.807) is 18.1 Å². The van der Waals surface area contributed by atoms with E-state index in [1.165, 1.54) is 0 Å². The molecule has 2 aliphatic rings. The van der Waals surface area contributed by atoms with Gasteiger partial charge in [-0.25, -0.2) is 4.98 Å². The van der Waals surface area contributed by atoms with Crippen molar-refractivity contribution in [3.05, 3.63) is 24.0 Å². The molecule has 0 unspecified atom stereocenters. The van der Waals surface area contributed by atoms with E-state index in [-0.39, 0.29) is 5.91 Å². The van der Waals surface area contributed by atoms with Crippen molar-refractivity contribution in [3.63, 3.8) is 0 Å². The number of carbonyl (C=O) groups is 1. The first-order valence-corrected chi connectivity index (χ1v) is 10.7. The summed E-state index contributed by atoms with van der Waals surface area (Å²) in [6, 6.07) is 2.25. The van der Waals surface area contributed by atoms with Gasteiger partial charge in [-0.05, 0) is 37.7 Å². The first-order valence-electron chi connectivity index (χ1n) is 9.73.